The second-order valence-electron chi connectivity index (χ2n) is 9.43. The summed E-state index contributed by atoms with van der Waals surface area (Å²) in [6.07, 6.45) is 8.07. The van der Waals surface area contributed by atoms with E-state index in [0.717, 1.165) is 41.2 Å². The summed E-state index contributed by atoms with van der Waals surface area (Å²) in [6, 6.07) is 17.4. The van der Waals surface area contributed by atoms with Crippen LogP contribution in [0.15, 0.2) is 48.5 Å². The Labute approximate surface area is 194 Å². The van der Waals surface area contributed by atoms with E-state index in [9.17, 15) is 0 Å². The molecule has 0 unspecified atom stereocenters. The summed E-state index contributed by atoms with van der Waals surface area (Å²) in [5.41, 5.74) is 4.44. The minimum Gasteiger partial charge on any atom is -0.246 e. The lowest BCUT2D eigenvalue weighted by molar-refractivity contribution is 0.320. The van der Waals surface area contributed by atoms with E-state index < -0.39 is 0 Å². The van der Waals surface area contributed by atoms with Crippen molar-refractivity contribution in [1.82, 2.24) is 35.4 Å². The number of hydrogen-bond donors (Lipinski definition) is 1. The second-order valence-corrected chi connectivity index (χ2v) is 9.43. The first-order valence-corrected chi connectivity index (χ1v) is 12.0. The third kappa shape index (κ3) is 4.87. The van der Waals surface area contributed by atoms with E-state index in [-0.39, 0.29) is 0 Å². The molecular weight excluding hydrogens is 410 g/mol. The highest BCUT2D eigenvalue weighted by atomic mass is 15.5. The first-order chi connectivity index (χ1) is 16.2. The molecule has 4 aromatic rings. The minimum absolute atomic E-state index is 0.489. The molecule has 1 aliphatic carbocycles. The lowest BCUT2D eigenvalue weighted by Crippen LogP contribution is -2.17. The van der Waals surface area contributed by atoms with Gasteiger partial charge in [0.05, 0.1) is 6.04 Å². The van der Waals surface area contributed by atoms with Gasteiger partial charge in [-0.2, -0.15) is 10.3 Å². The summed E-state index contributed by atoms with van der Waals surface area (Å²) in [5, 5.41) is 19.5. The van der Waals surface area contributed by atoms with Crippen LogP contribution in [0.5, 0.6) is 0 Å². The fraction of sp³-hybridized carbons (Fsp3) is 0.423. The Morgan fingerprint density at radius 3 is 2.42 bits per heavy atom. The molecule has 0 spiro atoms. The molecule has 0 radical (unpaired) electrons. The maximum Gasteiger partial charge on any atom is 0.205 e. The highest BCUT2D eigenvalue weighted by Crippen LogP contribution is 2.31. The van der Waals surface area contributed by atoms with E-state index in [1.54, 1.807) is 0 Å². The summed E-state index contributed by atoms with van der Waals surface area (Å²) >= 11 is 0. The number of aromatic nitrogens is 7. The van der Waals surface area contributed by atoms with E-state index in [1.807, 2.05) is 18.2 Å². The summed E-state index contributed by atoms with van der Waals surface area (Å²) in [4.78, 5) is 4.97. The molecule has 1 N–H and O–H groups in total. The molecule has 0 amide bonds. The van der Waals surface area contributed by atoms with E-state index in [4.69, 9.17) is 10.1 Å². The molecule has 2 aromatic heterocycles. The standard InChI is InChI=1S/C26H31N7/c1-18(2)16-24-27-25(33(30-24)21-8-4-3-5-9-21)17-19-12-14-20(15-13-19)22-10-6-7-11-23(22)26-28-31-32-29-26/h6-7,10-15,18,21H,3-5,8-9,16-17H2,1-2H3,(H,28,29,31,32). The Hall–Kier alpha value is -3.35. The van der Waals surface area contributed by atoms with Gasteiger partial charge >= 0.3 is 0 Å². The lowest BCUT2D eigenvalue weighted by Gasteiger charge is -2.23. The quantitative estimate of drug-likeness (QED) is 0.414. The molecule has 33 heavy (non-hydrogen) atoms. The van der Waals surface area contributed by atoms with Gasteiger partial charge in [-0.25, -0.2) is 9.67 Å². The van der Waals surface area contributed by atoms with Crippen LogP contribution in [0.2, 0.25) is 0 Å². The summed E-state index contributed by atoms with van der Waals surface area (Å²) in [5.74, 6) is 3.24. The van der Waals surface area contributed by atoms with Crippen molar-refractivity contribution in [2.75, 3.05) is 0 Å². The van der Waals surface area contributed by atoms with E-state index in [0.29, 0.717) is 17.8 Å². The molecule has 0 bridgehead atoms. The molecule has 1 saturated carbocycles. The maximum absolute atomic E-state index is 4.97. The maximum atomic E-state index is 4.97. The molecule has 1 fully saturated rings. The topological polar surface area (TPSA) is 85.2 Å². The fourth-order valence-corrected chi connectivity index (χ4v) is 4.79. The number of hydrogen-bond acceptors (Lipinski definition) is 5. The van der Waals surface area contributed by atoms with Gasteiger partial charge in [-0.15, -0.1) is 10.2 Å². The first-order valence-electron chi connectivity index (χ1n) is 12.0. The zero-order valence-electron chi connectivity index (χ0n) is 19.4. The van der Waals surface area contributed by atoms with Crippen molar-refractivity contribution < 1.29 is 0 Å². The van der Waals surface area contributed by atoms with Crippen molar-refractivity contribution in [2.24, 2.45) is 5.92 Å². The van der Waals surface area contributed by atoms with Crippen molar-refractivity contribution in [1.29, 1.82) is 0 Å². The highest BCUT2D eigenvalue weighted by molar-refractivity contribution is 5.80. The van der Waals surface area contributed by atoms with E-state index >= 15 is 0 Å². The zero-order chi connectivity index (χ0) is 22.6. The Kier molecular flexibility index (Phi) is 6.28. The van der Waals surface area contributed by atoms with Gasteiger partial charge in [0.15, 0.2) is 5.82 Å². The molecule has 0 saturated heterocycles. The lowest BCUT2D eigenvalue weighted by atomic mass is 9.95. The summed E-state index contributed by atoms with van der Waals surface area (Å²) in [7, 11) is 0. The number of tetrazole rings is 1. The van der Waals surface area contributed by atoms with Crippen LogP contribution in [-0.4, -0.2) is 35.4 Å². The third-order valence-electron chi connectivity index (χ3n) is 6.40. The Balaban J connectivity index is 1.40. The molecule has 1 aliphatic rings. The zero-order valence-corrected chi connectivity index (χ0v) is 19.4. The van der Waals surface area contributed by atoms with Gasteiger partial charge in [0.1, 0.15) is 5.82 Å². The van der Waals surface area contributed by atoms with Gasteiger partial charge in [0, 0.05) is 18.4 Å². The van der Waals surface area contributed by atoms with Crippen molar-refractivity contribution in [3.05, 3.63) is 65.7 Å². The van der Waals surface area contributed by atoms with Crippen molar-refractivity contribution in [3.8, 4) is 22.5 Å². The second kappa shape index (κ2) is 9.65. The average Bonchev–Trinajstić information content (AvgIpc) is 3.50. The predicted molar refractivity (Wildman–Crippen MR) is 129 cm³/mol. The number of nitrogens with zero attached hydrogens (tertiary/aromatic N) is 6. The number of benzene rings is 2. The smallest absolute Gasteiger partial charge is 0.205 e. The normalized spacial score (nSPS) is 14.8. The van der Waals surface area contributed by atoms with Gasteiger partial charge in [0.25, 0.3) is 0 Å². The molecule has 7 heteroatoms. The molecule has 5 rings (SSSR count). The fourth-order valence-electron chi connectivity index (χ4n) is 4.79. The largest absolute Gasteiger partial charge is 0.246 e. The van der Waals surface area contributed by atoms with Crippen LogP contribution in [0, 0.1) is 5.92 Å². The highest BCUT2D eigenvalue weighted by Gasteiger charge is 2.21. The molecule has 2 heterocycles. The van der Waals surface area contributed by atoms with E-state index in [2.05, 4.69) is 69.5 Å². The van der Waals surface area contributed by atoms with Crippen LogP contribution in [0.25, 0.3) is 22.5 Å². The minimum atomic E-state index is 0.489. The first kappa shape index (κ1) is 21.5. The van der Waals surface area contributed by atoms with Crippen molar-refractivity contribution >= 4 is 0 Å². The molecule has 0 aliphatic heterocycles. The number of nitrogens with one attached hydrogen (secondary N) is 1. The average molecular weight is 442 g/mol. The third-order valence-corrected chi connectivity index (χ3v) is 6.40. The number of rotatable bonds is 7. The predicted octanol–water partition coefficient (Wildman–Crippen LogP) is 5.42. The Morgan fingerprint density at radius 2 is 1.73 bits per heavy atom. The molecule has 0 atom stereocenters. The van der Waals surface area contributed by atoms with Crippen LogP contribution >= 0.6 is 0 Å². The van der Waals surface area contributed by atoms with Gasteiger partial charge in [-0.3, -0.25) is 0 Å². The van der Waals surface area contributed by atoms with Crippen LogP contribution in [-0.2, 0) is 12.8 Å². The van der Waals surface area contributed by atoms with Gasteiger partial charge in [0.2, 0.25) is 5.82 Å². The summed E-state index contributed by atoms with van der Waals surface area (Å²) in [6.45, 7) is 4.46. The van der Waals surface area contributed by atoms with Gasteiger partial charge in [-0.05, 0) is 40.7 Å². The molecule has 170 valence electrons. The molecule has 2 aromatic carbocycles. The van der Waals surface area contributed by atoms with Gasteiger partial charge < -0.3 is 0 Å². The van der Waals surface area contributed by atoms with E-state index in [1.165, 1.54) is 37.7 Å². The van der Waals surface area contributed by atoms with Gasteiger partial charge in [-0.1, -0.05) is 81.6 Å². The Bertz CT molecular complexity index is 1170. The van der Waals surface area contributed by atoms with Crippen LogP contribution < -0.4 is 0 Å². The number of H-pyrrole nitrogens is 1. The number of aromatic amines is 1. The molecule has 7 nitrogen and oxygen atoms in total. The van der Waals surface area contributed by atoms with Crippen molar-refractivity contribution in [3.63, 3.8) is 0 Å². The van der Waals surface area contributed by atoms with Crippen molar-refractivity contribution in [2.45, 2.75) is 64.8 Å². The van der Waals surface area contributed by atoms with Crippen LogP contribution in [0.1, 0.15) is 69.2 Å². The monoisotopic (exact) mass is 441 g/mol. The molecular formula is C26H31N7. The summed E-state index contributed by atoms with van der Waals surface area (Å²) < 4.78 is 2.25. The van der Waals surface area contributed by atoms with Crippen LogP contribution in [0.3, 0.4) is 0 Å². The Morgan fingerprint density at radius 1 is 0.970 bits per heavy atom. The SMILES string of the molecule is CC(C)Cc1nc(Cc2ccc(-c3ccccc3-c3nn[nH]n3)cc2)n(C2CCCCC2)n1. The van der Waals surface area contributed by atoms with Crippen LogP contribution in [0.4, 0.5) is 0 Å².